The molecule has 26 heteroatoms. The predicted molar refractivity (Wildman–Crippen MR) is 333 cm³/mol. The van der Waals surface area contributed by atoms with Crippen molar-refractivity contribution < 1.29 is 37.1 Å². The van der Waals surface area contributed by atoms with E-state index in [0.717, 1.165) is 73.9 Å². The summed E-state index contributed by atoms with van der Waals surface area (Å²) in [6, 6.07) is 15.1. The Labute approximate surface area is 509 Å². The normalized spacial score (nSPS) is 18.1. The molecule has 4 aliphatic rings. The largest absolute Gasteiger partial charge is 0.397 e. The lowest BCUT2D eigenvalue weighted by molar-refractivity contribution is -0.720. The second-order valence-electron chi connectivity index (χ2n) is 23.3. The molecule has 0 radical (unpaired) electrons. The average molecular weight is 1240 g/mol. The number of hydrogen-bond donors (Lipinski definition) is 6. The number of amides is 5. The van der Waals surface area contributed by atoms with Gasteiger partial charge in [-0.15, -0.1) is 32.9 Å². The molecule has 2 aromatic carbocycles. The number of anilines is 3. The average Bonchev–Trinajstić information content (AvgIpc) is 2.43. The molecule has 12 rings (SSSR count). The quantitative estimate of drug-likeness (QED) is 0.0598. The summed E-state index contributed by atoms with van der Waals surface area (Å²) in [6.07, 6.45) is 4.73. The number of hydrogen-bond acceptors (Lipinski definition) is 18. The molecule has 3 saturated heterocycles. The smallest absolute Gasteiger partial charge is 0.298 e. The summed E-state index contributed by atoms with van der Waals surface area (Å²) in [5, 5.41) is 30.6. The summed E-state index contributed by atoms with van der Waals surface area (Å²) in [7, 11) is -3.61. The molecule has 5 amide bonds. The van der Waals surface area contributed by atoms with Gasteiger partial charge in [-0.2, -0.15) is 10.2 Å². The molecule has 1 saturated carbocycles. The van der Waals surface area contributed by atoms with E-state index in [1.807, 2.05) is 87.8 Å². The third-order valence-electron chi connectivity index (χ3n) is 17.3. The van der Waals surface area contributed by atoms with Gasteiger partial charge >= 0.3 is 0 Å². The van der Waals surface area contributed by atoms with Crippen LogP contribution in [0.2, 0.25) is 0 Å². The van der Waals surface area contributed by atoms with Gasteiger partial charge in [0.15, 0.2) is 0 Å². The molecule has 0 spiro atoms. The minimum Gasteiger partial charge on any atom is -0.397 e. The Morgan fingerprint density at radius 3 is 1.92 bits per heavy atom. The van der Waals surface area contributed by atoms with Gasteiger partial charge in [0, 0.05) is 74.1 Å². The van der Waals surface area contributed by atoms with Crippen LogP contribution in [0, 0.1) is 40.5 Å². The maximum Gasteiger partial charge on any atom is 0.298 e. The molecule has 9 N–H and O–H groups in total. The number of likely N-dealkylation sites (tertiary alicyclic amines) is 3. The number of thiophene rings is 3. The van der Waals surface area contributed by atoms with Gasteiger partial charge in [-0.05, 0) is 118 Å². The zero-order valence-electron chi connectivity index (χ0n) is 48.5. The molecule has 86 heavy (non-hydrogen) atoms. The topological polar surface area (TPSA) is 312 Å². The second-order valence-corrected chi connectivity index (χ2v) is 28.2. The van der Waals surface area contributed by atoms with E-state index in [9.17, 15) is 32.4 Å². The molecular weight excluding hydrogens is 1170 g/mol. The van der Waals surface area contributed by atoms with Gasteiger partial charge in [0.2, 0.25) is 28.4 Å². The summed E-state index contributed by atoms with van der Waals surface area (Å²) in [4.78, 5) is 76.0. The Kier molecular flexibility index (Phi) is 16.0. The first-order chi connectivity index (χ1) is 41.2. The van der Waals surface area contributed by atoms with E-state index in [0.29, 0.717) is 122 Å². The van der Waals surface area contributed by atoms with Crippen molar-refractivity contribution >= 4 is 121 Å². The Morgan fingerprint density at radius 1 is 0.628 bits per heavy atom. The number of nitrogens with two attached hydrogens (primary N) is 3. The summed E-state index contributed by atoms with van der Waals surface area (Å²) in [5.74, 6) is -0.736. The molecule has 448 valence electrons. The number of benzene rings is 2. The van der Waals surface area contributed by atoms with Gasteiger partial charge in [-0.3, -0.25) is 24.0 Å². The van der Waals surface area contributed by atoms with Crippen LogP contribution < -0.4 is 37.2 Å². The highest BCUT2D eigenvalue weighted by atomic mass is 32.2. The number of rotatable bonds is 17. The maximum atomic E-state index is 14.2. The van der Waals surface area contributed by atoms with E-state index in [2.05, 4.69) is 35.8 Å². The van der Waals surface area contributed by atoms with Crippen molar-refractivity contribution in [3.8, 4) is 11.1 Å². The number of nitrogens with one attached hydrogen (secondary N) is 3. The molecule has 6 aromatic heterocycles. The van der Waals surface area contributed by atoms with Gasteiger partial charge < -0.3 is 42.5 Å². The fourth-order valence-corrected chi connectivity index (χ4v) is 16.6. The van der Waals surface area contributed by atoms with Crippen LogP contribution in [0.1, 0.15) is 112 Å². The Bertz CT molecular complexity index is 4200. The number of sulfonamides is 1. The van der Waals surface area contributed by atoms with Gasteiger partial charge in [0.05, 0.1) is 51.6 Å². The summed E-state index contributed by atoms with van der Waals surface area (Å²) < 4.78 is 31.0. The lowest BCUT2D eigenvalue weighted by atomic mass is 9.99. The van der Waals surface area contributed by atoms with Crippen molar-refractivity contribution in [1.29, 1.82) is 0 Å². The van der Waals surface area contributed by atoms with E-state index in [1.54, 1.807) is 14.7 Å². The van der Waals surface area contributed by atoms with Crippen LogP contribution in [0.15, 0.2) is 48.5 Å². The molecule has 4 fully saturated rings. The van der Waals surface area contributed by atoms with Crippen LogP contribution in [-0.4, -0.2) is 141 Å². The van der Waals surface area contributed by atoms with Gasteiger partial charge in [-0.1, -0.05) is 64.5 Å². The first-order valence-electron chi connectivity index (χ1n) is 29.0. The van der Waals surface area contributed by atoms with Crippen LogP contribution in [-0.2, 0) is 39.0 Å². The van der Waals surface area contributed by atoms with E-state index >= 15 is 0 Å². The van der Waals surface area contributed by atoms with E-state index < -0.39 is 16.1 Å². The fourth-order valence-electron chi connectivity index (χ4n) is 12.0. The number of aryl methyl sites for hydroxylation is 6. The van der Waals surface area contributed by atoms with Crippen molar-refractivity contribution in [2.75, 3.05) is 62.2 Å². The number of aromatic nitrogens is 6. The third-order valence-corrected chi connectivity index (χ3v) is 22.2. The summed E-state index contributed by atoms with van der Waals surface area (Å²) in [6.45, 7) is 12.0. The molecule has 0 bridgehead atoms. The molecule has 1 aliphatic carbocycles. The van der Waals surface area contributed by atoms with Crippen LogP contribution in [0.4, 0.5) is 17.1 Å². The zero-order chi connectivity index (χ0) is 60.5. The molecule has 3 unspecified atom stereocenters. The van der Waals surface area contributed by atoms with Crippen molar-refractivity contribution in [3.05, 3.63) is 108 Å². The number of fused-ring (bicyclic) bond motifs is 3. The first-order valence-corrected chi connectivity index (χ1v) is 33.1. The van der Waals surface area contributed by atoms with Crippen LogP contribution in [0.25, 0.3) is 41.8 Å². The predicted octanol–water partition coefficient (Wildman–Crippen LogP) is 5.68. The van der Waals surface area contributed by atoms with Crippen molar-refractivity contribution in [2.45, 2.75) is 111 Å². The van der Waals surface area contributed by atoms with E-state index in [1.165, 1.54) is 34.0 Å². The molecule has 8 aromatic rings. The SMILES string of the molecule is Cc1nnc2sc(C(=O)N3CCC(NS(=O)(=O)CCCc4ccc(-c5cccc(CC(=O)N6CCC(NC(=O)c7sc8c(c(C)c(C)n[n+]8Cc8c(C)nnc9sc(C(=O)N%10CCC(NC(=O)C%11CC%11)C%10)c(N)c89)c7N)C6)c5)cc4)C3)c(N)c2c1C. The maximum absolute atomic E-state index is 14.2. The Hall–Kier alpha value is -7.78. The monoisotopic (exact) mass is 1240 g/mol. The number of nitrogen functional groups attached to an aromatic ring is 3. The zero-order valence-corrected chi connectivity index (χ0v) is 51.8. The molecule has 22 nitrogen and oxygen atoms in total. The number of carbonyl (C=O) groups is 5. The highest BCUT2D eigenvalue weighted by Crippen LogP contribution is 2.40. The highest BCUT2D eigenvalue weighted by molar-refractivity contribution is 7.89. The van der Waals surface area contributed by atoms with Crippen molar-refractivity contribution in [3.63, 3.8) is 0 Å². The summed E-state index contributed by atoms with van der Waals surface area (Å²) >= 11 is 3.65. The number of nitrogens with zero attached hydrogens (tertiary/aromatic N) is 9. The minimum atomic E-state index is -3.61. The van der Waals surface area contributed by atoms with Crippen LogP contribution in [0.3, 0.4) is 0 Å². The molecule has 3 atom stereocenters. The van der Waals surface area contributed by atoms with Gasteiger partial charge in [0.1, 0.15) is 30.0 Å². The third kappa shape index (κ3) is 11.7. The first kappa shape index (κ1) is 58.6. The lowest BCUT2D eigenvalue weighted by Crippen LogP contribution is -2.40. The highest BCUT2D eigenvalue weighted by Gasteiger charge is 2.38. The van der Waals surface area contributed by atoms with E-state index in [4.69, 9.17) is 22.3 Å². The molecular formula is C60H68N15O7S4+. The Morgan fingerprint density at radius 2 is 1.22 bits per heavy atom. The van der Waals surface area contributed by atoms with Crippen LogP contribution >= 0.6 is 34.0 Å². The van der Waals surface area contributed by atoms with E-state index in [-0.39, 0.29) is 72.8 Å². The fraction of sp³-hybridized carbons (Fsp3) is 0.417. The Balaban J connectivity index is 0.632. The lowest BCUT2D eigenvalue weighted by Gasteiger charge is -2.17. The molecule has 3 aliphatic heterocycles. The molecule has 9 heterocycles. The minimum absolute atomic E-state index is 0.0493. The van der Waals surface area contributed by atoms with Crippen LogP contribution in [0.5, 0.6) is 0 Å². The second kappa shape index (κ2) is 23.5. The van der Waals surface area contributed by atoms with Gasteiger partial charge in [-0.25, -0.2) is 13.1 Å². The number of carbonyl (C=O) groups excluding carboxylic acids is 5. The van der Waals surface area contributed by atoms with Crippen molar-refractivity contribution in [1.82, 2.24) is 55.5 Å². The standard InChI is InChI=1S/C60H67N15O7S4/c1-30-32(3)66-68-56-45(30)48(61)52(83-56)58(79)74-22-19-42(28-74)71-86(81,82)23-7-9-35-11-13-37(14-12-35)39-10-6-8-36(24-39)25-44(76)72-20-17-40(26-72)65-55(78)51-49(62)46-31(2)33(4)70-75(60(46)85-51)29-43-34(5)67-69-57-47(43)50(63)53(84-57)59(80)73-21-18-41(27-73)64-54(77)38-15-16-38/h6,8,10-14,24,38,40-42,71H,7,9,15-23,25-29H2,1-5H3,(H7-,61,62,63,64,65,77,78,79,80)/p+1. The van der Waals surface area contributed by atoms with Gasteiger partial charge in [0.25, 0.3) is 22.6 Å². The summed E-state index contributed by atoms with van der Waals surface area (Å²) in [5.41, 5.74) is 29.5. The van der Waals surface area contributed by atoms with Crippen molar-refractivity contribution in [2.24, 2.45) is 5.92 Å².